The van der Waals surface area contributed by atoms with E-state index in [1.807, 2.05) is 0 Å². The second kappa shape index (κ2) is 11.1. The van der Waals surface area contributed by atoms with E-state index in [4.69, 9.17) is 18.4 Å². The Bertz CT molecular complexity index is 1280. The summed E-state index contributed by atoms with van der Waals surface area (Å²) in [5, 5.41) is 17.4. The van der Waals surface area contributed by atoms with E-state index in [1.54, 1.807) is 44.0 Å². The van der Waals surface area contributed by atoms with Crippen molar-refractivity contribution in [3.05, 3.63) is 51.9 Å². The van der Waals surface area contributed by atoms with Crippen molar-refractivity contribution in [1.82, 2.24) is 15.5 Å². The zero-order valence-corrected chi connectivity index (χ0v) is 21.3. The van der Waals surface area contributed by atoms with Crippen LogP contribution in [-0.2, 0) is 16.6 Å². The molecule has 1 aliphatic rings. The SMILES string of the molecule is COc1cccc(-c2noc(CCNC(=O)CC3(c4oc(C)cc(=O)c4O)CCSCC3)n2)c1OC. The second-order valence-corrected chi connectivity index (χ2v) is 9.85. The lowest BCUT2D eigenvalue weighted by molar-refractivity contribution is -0.122. The number of rotatable bonds is 9. The van der Waals surface area contributed by atoms with E-state index in [9.17, 15) is 14.7 Å². The number of hydrogen-bond donors (Lipinski definition) is 2. The maximum atomic E-state index is 12.9. The molecule has 0 unspecified atom stereocenters. The standard InChI is InChI=1S/C25H29N3O7S/c1-15-13-17(29)21(31)23(34-15)25(8-11-36-12-9-25)14-19(30)26-10-7-20-27-24(28-35-20)16-5-4-6-18(32-2)22(16)33-3/h4-6,13,31H,7-12,14H2,1-3H3,(H,26,30). The van der Waals surface area contributed by atoms with E-state index in [0.29, 0.717) is 53.8 Å². The number of amides is 1. The van der Waals surface area contributed by atoms with E-state index in [-0.39, 0.29) is 24.6 Å². The molecule has 0 radical (unpaired) electrons. The number of methoxy groups -OCH3 is 2. The van der Waals surface area contributed by atoms with Crippen LogP contribution in [0.25, 0.3) is 11.4 Å². The number of aryl methyl sites for hydroxylation is 1. The highest BCUT2D eigenvalue weighted by molar-refractivity contribution is 7.99. The molecule has 2 N–H and O–H groups in total. The lowest BCUT2D eigenvalue weighted by Crippen LogP contribution is -2.39. The lowest BCUT2D eigenvalue weighted by atomic mass is 9.75. The first-order valence-corrected chi connectivity index (χ1v) is 12.7. The van der Waals surface area contributed by atoms with Crippen LogP contribution < -0.4 is 20.2 Å². The summed E-state index contributed by atoms with van der Waals surface area (Å²) in [6, 6.07) is 6.64. The van der Waals surface area contributed by atoms with Crippen LogP contribution in [0.2, 0.25) is 0 Å². The van der Waals surface area contributed by atoms with Gasteiger partial charge in [-0.3, -0.25) is 9.59 Å². The Labute approximate surface area is 212 Å². The fourth-order valence-electron chi connectivity index (χ4n) is 4.42. The molecule has 36 heavy (non-hydrogen) atoms. The third kappa shape index (κ3) is 5.35. The summed E-state index contributed by atoms with van der Waals surface area (Å²) in [5.74, 6) is 3.39. The molecule has 1 amide bonds. The monoisotopic (exact) mass is 515 g/mol. The van der Waals surface area contributed by atoms with Gasteiger partial charge in [0.05, 0.1) is 19.8 Å². The number of nitrogens with one attached hydrogen (secondary N) is 1. The lowest BCUT2D eigenvalue weighted by Gasteiger charge is -2.35. The van der Waals surface area contributed by atoms with Gasteiger partial charge in [-0.2, -0.15) is 16.7 Å². The van der Waals surface area contributed by atoms with Gasteiger partial charge in [0.1, 0.15) is 5.76 Å². The first kappa shape index (κ1) is 25.6. The molecule has 0 atom stereocenters. The number of aromatic nitrogens is 2. The Balaban J connectivity index is 1.42. The number of carbonyl (C=O) groups is 1. The second-order valence-electron chi connectivity index (χ2n) is 8.62. The molecule has 11 heteroatoms. The van der Waals surface area contributed by atoms with Gasteiger partial charge in [-0.15, -0.1) is 0 Å². The van der Waals surface area contributed by atoms with Crippen molar-refractivity contribution >= 4 is 17.7 Å². The van der Waals surface area contributed by atoms with Crippen LogP contribution in [0.5, 0.6) is 17.2 Å². The van der Waals surface area contributed by atoms with Gasteiger partial charge < -0.3 is 28.8 Å². The van der Waals surface area contributed by atoms with Crippen molar-refractivity contribution in [3.8, 4) is 28.6 Å². The maximum Gasteiger partial charge on any atom is 0.228 e. The summed E-state index contributed by atoms with van der Waals surface area (Å²) in [7, 11) is 3.09. The van der Waals surface area contributed by atoms with E-state index in [0.717, 1.165) is 11.5 Å². The van der Waals surface area contributed by atoms with Gasteiger partial charge in [0.25, 0.3) is 0 Å². The van der Waals surface area contributed by atoms with E-state index in [2.05, 4.69) is 15.5 Å². The van der Waals surface area contributed by atoms with Gasteiger partial charge >= 0.3 is 0 Å². The topological polar surface area (TPSA) is 137 Å². The molecular formula is C25H29N3O7S. The average Bonchev–Trinajstić information content (AvgIpc) is 3.34. The molecule has 1 fully saturated rings. The molecule has 0 saturated carbocycles. The summed E-state index contributed by atoms with van der Waals surface area (Å²) in [4.78, 5) is 29.5. The minimum absolute atomic E-state index is 0.101. The molecule has 3 heterocycles. The molecule has 2 aromatic heterocycles. The number of nitrogens with zero attached hydrogens (tertiary/aromatic N) is 2. The van der Waals surface area contributed by atoms with E-state index in [1.165, 1.54) is 13.2 Å². The van der Waals surface area contributed by atoms with Crippen LogP contribution in [0.4, 0.5) is 0 Å². The fraction of sp³-hybridized carbons (Fsp3) is 0.440. The zero-order valence-electron chi connectivity index (χ0n) is 20.5. The summed E-state index contributed by atoms with van der Waals surface area (Å²) in [5.41, 5.74) is -0.593. The predicted molar refractivity (Wildman–Crippen MR) is 134 cm³/mol. The highest BCUT2D eigenvalue weighted by Gasteiger charge is 2.41. The fourth-order valence-corrected chi connectivity index (χ4v) is 5.69. The van der Waals surface area contributed by atoms with Crippen LogP contribution in [0.1, 0.15) is 36.7 Å². The molecule has 10 nitrogen and oxygen atoms in total. The summed E-state index contributed by atoms with van der Waals surface area (Å²) in [6.07, 6.45) is 1.68. The first-order valence-electron chi connectivity index (χ1n) is 11.6. The third-order valence-corrected chi connectivity index (χ3v) is 7.23. The molecule has 1 aromatic carbocycles. The van der Waals surface area contributed by atoms with Crippen molar-refractivity contribution in [2.45, 2.75) is 38.0 Å². The zero-order chi connectivity index (χ0) is 25.7. The number of carbonyl (C=O) groups excluding carboxylic acids is 1. The van der Waals surface area contributed by atoms with Gasteiger partial charge in [0.15, 0.2) is 17.3 Å². The number of benzene rings is 1. The largest absolute Gasteiger partial charge is 0.502 e. The maximum absolute atomic E-state index is 12.9. The average molecular weight is 516 g/mol. The molecule has 1 saturated heterocycles. The molecule has 0 aliphatic carbocycles. The van der Waals surface area contributed by atoms with Crippen LogP contribution >= 0.6 is 11.8 Å². The molecule has 3 aromatic rings. The van der Waals surface area contributed by atoms with Gasteiger partial charge in [-0.05, 0) is 43.4 Å². The molecule has 0 spiro atoms. The van der Waals surface area contributed by atoms with E-state index < -0.39 is 16.6 Å². The predicted octanol–water partition coefficient (Wildman–Crippen LogP) is 3.23. The first-order chi connectivity index (χ1) is 17.4. The molecule has 0 bridgehead atoms. The molecule has 4 rings (SSSR count). The van der Waals surface area contributed by atoms with Crippen LogP contribution in [0.15, 0.2) is 38.0 Å². The van der Waals surface area contributed by atoms with Crippen LogP contribution in [0.3, 0.4) is 0 Å². The molecule has 1 aliphatic heterocycles. The van der Waals surface area contributed by atoms with Gasteiger partial charge in [-0.25, -0.2) is 0 Å². The van der Waals surface area contributed by atoms with Crippen molar-refractivity contribution in [1.29, 1.82) is 0 Å². The highest BCUT2D eigenvalue weighted by Crippen LogP contribution is 2.44. The van der Waals surface area contributed by atoms with Gasteiger partial charge in [0.2, 0.25) is 28.8 Å². The van der Waals surface area contributed by atoms with Crippen molar-refractivity contribution in [3.63, 3.8) is 0 Å². The van der Waals surface area contributed by atoms with E-state index >= 15 is 0 Å². The number of ether oxygens (including phenoxy) is 2. The smallest absolute Gasteiger partial charge is 0.228 e. The number of para-hydroxylation sites is 1. The summed E-state index contributed by atoms with van der Waals surface area (Å²) >= 11 is 1.78. The van der Waals surface area contributed by atoms with Gasteiger partial charge in [-0.1, -0.05) is 11.2 Å². The summed E-state index contributed by atoms with van der Waals surface area (Å²) in [6.45, 7) is 1.94. The highest BCUT2D eigenvalue weighted by atomic mass is 32.2. The Morgan fingerprint density at radius 1 is 1.25 bits per heavy atom. The normalized spacial score (nSPS) is 14.9. The molecular weight excluding hydrogens is 486 g/mol. The Hall–Kier alpha value is -3.47. The van der Waals surface area contributed by atoms with Gasteiger partial charge in [0, 0.05) is 30.9 Å². The Morgan fingerprint density at radius 2 is 2.03 bits per heavy atom. The van der Waals surface area contributed by atoms with Crippen LogP contribution in [0, 0.1) is 6.92 Å². The minimum atomic E-state index is -0.731. The van der Waals surface area contributed by atoms with Crippen LogP contribution in [-0.4, -0.2) is 53.4 Å². The molecule has 192 valence electrons. The Kier molecular flexibility index (Phi) is 7.88. The number of aromatic hydroxyl groups is 1. The number of hydrogen-bond acceptors (Lipinski definition) is 10. The number of thioether (sulfide) groups is 1. The third-order valence-electron chi connectivity index (χ3n) is 6.25. The minimum Gasteiger partial charge on any atom is -0.502 e. The summed E-state index contributed by atoms with van der Waals surface area (Å²) < 4.78 is 21.9. The Morgan fingerprint density at radius 3 is 2.75 bits per heavy atom. The van der Waals surface area contributed by atoms with Crippen molar-refractivity contribution < 1.29 is 28.3 Å². The van der Waals surface area contributed by atoms with Crippen molar-refractivity contribution in [2.24, 2.45) is 0 Å². The quantitative estimate of drug-likeness (QED) is 0.437. The van der Waals surface area contributed by atoms with Crippen molar-refractivity contribution in [2.75, 3.05) is 32.3 Å².